The summed E-state index contributed by atoms with van der Waals surface area (Å²) in [5, 5.41) is 2.88. The molecule has 1 aliphatic rings. The van der Waals surface area contributed by atoms with Crippen molar-refractivity contribution in [2.45, 2.75) is 18.9 Å². The van der Waals surface area contributed by atoms with Crippen molar-refractivity contribution >= 4 is 30.1 Å². The zero-order chi connectivity index (χ0) is 11.1. The lowest BCUT2D eigenvalue weighted by Crippen LogP contribution is -2.45. The molecule has 1 rings (SSSR count). The van der Waals surface area contributed by atoms with Crippen LogP contribution in [0.5, 0.6) is 0 Å². The number of methoxy groups -OCH3 is 1. The van der Waals surface area contributed by atoms with Gasteiger partial charge in [0.05, 0.1) is 6.61 Å². The van der Waals surface area contributed by atoms with Crippen molar-refractivity contribution in [1.29, 1.82) is 0 Å². The molecule has 0 aliphatic carbocycles. The summed E-state index contributed by atoms with van der Waals surface area (Å²) < 4.78 is 4.83. The van der Waals surface area contributed by atoms with Crippen molar-refractivity contribution < 1.29 is 9.53 Å². The molecule has 1 saturated heterocycles. The van der Waals surface area contributed by atoms with Gasteiger partial charge in [-0.25, -0.2) is 0 Å². The Bertz CT molecular complexity index is 201. The number of amides is 1. The van der Waals surface area contributed by atoms with E-state index < -0.39 is 6.04 Å². The van der Waals surface area contributed by atoms with E-state index in [1.807, 2.05) is 11.8 Å². The average Bonchev–Trinajstić information content (AvgIpc) is 2.27. The second-order valence-corrected chi connectivity index (χ2v) is 5.09. The van der Waals surface area contributed by atoms with Crippen molar-refractivity contribution in [2.75, 3.05) is 31.8 Å². The van der Waals surface area contributed by atoms with Gasteiger partial charge in [0, 0.05) is 13.7 Å². The molecule has 6 heteroatoms. The first-order valence-corrected chi connectivity index (χ1v) is 6.49. The monoisotopic (exact) mass is 268 g/mol. The first-order chi connectivity index (χ1) is 7.24. The molecule has 0 radical (unpaired) electrons. The van der Waals surface area contributed by atoms with Gasteiger partial charge in [-0.05, 0) is 30.3 Å². The van der Waals surface area contributed by atoms with Gasteiger partial charge in [0.25, 0.3) is 0 Å². The molecule has 1 unspecified atom stereocenters. The van der Waals surface area contributed by atoms with E-state index in [9.17, 15) is 4.79 Å². The number of ether oxygens (including phenoxy) is 1. The van der Waals surface area contributed by atoms with Crippen molar-refractivity contribution in [1.82, 2.24) is 5.32 Å². The van der Waals surface area contributed by atoms with E-state index in [-0.39, 0.29) is 24.9 Å². The predicted molar refractivity (Wildman–Crippen MR) is 70.2 cm³/mol. The Labute approximate surface area is 107 Å². The van der Waals surface area contributed by atoms with Gasteiger partial charge in [-0.3, -0.25) is 4.79 Å². The molecule has 0 aromatic heterocycles. The Morgan fingerprint density at radius 1 is 1.56 bits per heavy atom. The molecule has 0 aromatic carbocycles. The van der Waals surface area contributed by atoms with Crippen molar-refractivity contribution in [3.8, 4) is 0 Å². The quantitative estimate of drug-likeness (QED) is 0.768. The smallest absolute Gasteiger partial charge is 0.239 e. The second-order valence-electron chi connectivity index (χ2n) is 3.86. The van der Waals surface area contributed by atoms with Crippen molar-refractivity contribution in [3.05, 3.63) is 0 Å². The van der Waals surface area contributed by atoms with Crippen molar-refractivity contribution in [3.63, 3.8) is 0 Å². The Hall–Kier alpha value is 0.0300. The van der Waals surface area contributed by atoms with Gasteiger partial charge in [0.1, 0.15) is 6.04 Å². The van der Waals surface area contributed by atoms with Gasteiger partial charge >= 0.3 is 0 Å². The van der Waals surface area contributed by atoms with E-state index >= 15 is 0 Å². The molecule has 4 nitrogen and oxygen atoms in total. The molecular formula is C10H21ClN2O2S. The Morgan fingerprint density at radius 2 is 2.19 bits per heavy atom. The summed E-state index contributed by atoms with van der Waals surface area (Å²) in [6.45, 7) is 1.04. The largest absolute Gasteiger partial charge is 0.383 e. The van der Waals surface area contributed by atoms with Gasteiger partial charge in [-0.2, -0.15) is 11.8 Å². The molecule has 1 heterocycles. The van der Waals surface area contributed by atoms with E-state index in [0.29, 0.717) is 5.92 Å². The molecule has 0 saturated carbocycles. The fourth-order valence-corrected chi connectivity index (χ4v) is 2.79. The second kappa shape index (κ2) is 9.10. The molecule has 1 fully saturated rings. The van der Waals surface area contributed by atoms with E-state index in [0.717, 1.165) is 6.54 Å². The zero-order valence-electron chi connectivity index (χ0n) is 9.61. The maximum absolute atomic E-state index is 11.5. The summed E-state index contributed by atoms with van der Waals surface area (Å²) in [6.07, 6.45) is 2.40. The summed E-state index contributed by atoms with van der Waals surface area (Å²) in [4.78, 5) is 11.5. The molecule has 96 valence electrons. The van der Waals surface area contributed by atoms with Crippen LogP contribution in [0.3, 0.4) is 0 Å². The third-order valence-corrected chi connectivity index (χ3v) is 3.64. The van der Waals surface area contributed by atoms with E-state index in [1.165, 1.54) is 24.3 Å². The first-order valence-electron chi connectivity index (χ1n) is 5.34. The predicted octanol–water partition coefficient (Wildman–Crippen LogP) is 0.641. The van der Waals surface area contributed by atoms with Gasteiger partial charge < -0.3 is 15.8 Å². The summed E-state index contributed by atoms with van der Waals surface area (Å²) in [5.74, 6) is 2.95. The Balaban J connectivity index is 0.00000225. The van der Waals surface area contributed by atoms with Crippen LogP contribution in [-0.2, 0) is 9.53 Å². The molecule has 0 bridgehead atoms. The molecule has 1 atom stereocenters. The minimum Gasteiger partial charge on any atom is -0.383 e. The van der Waals surface area contributed by atoms with Crippen LogP contribution in [0.2, 0.25) is 0 Å². The maximum atomic E-state index is 11.5. The van der Waals surface area contributed by atoms with E-state index in [1.54, 1.807) is 7.11 Å². The SMILES string of the molecule is COCC(N)C(=O)NCC1CCSCC1.Cl. The lowest BCUT2D eigenvalue weighted by molar-refractivity contribution is -0.123. The van der Waals surface area contributed by atoms with Crippen molar-refractivity contribution in [2.24, 2.45) is 11.7 Å². The highest BCUT2D eigenvalue weighted by Crippen LogP contribution is 2.21. The minimum absolute atomic E-state index is 0. The molecular weight excluding hydrogens is 248 g/mol. The van der Waals surface area contributed by atoms with Crippen LogP contribution in [0.25, 0.3) is 0 Å². The molecule has 16 heavy (non-hydrogen) atoms. The molecule has 1 aliphatic heterocycles. The van der Waals surface area contributed by atoms with Gasteiger partial charge in [0.2, 0.25) is 5.91 Å². The fourth-order valence-electron chi connectivity index (χ4n) is 1.58. The number of nitrogens with two attached hydrogens (primary N) is 1. The highest BCUT2D eigenvalue weighted by Gasteiger charge is 2.17. The molecule has 0 spiro atoms. The van der Waals surface area contributed by atoms with Crippen LogP contribution < -0.4 is 11.1 Å². The molecule has 0 aromatic rings. The number of rotatable bonds is 5. The summed E-state index contributed by atoms with van der Waals surface area (Å²) >= 11 is 1.99. The molecule has 3 N–H and O–H groups in total. The topological polar surface area (TPSA) is 64.3 Å². The average molecular weight is 269 g/mol. The first kappa shape index (κ1) is 16.0. The van der Waals surface area contributed by atoms with E-state index in [4.69, 9.17) is 10.5 Å². The van der Waals surface area contributed by atoms with E-state index in [2.05, 4.69) is 5.32 Å². The van der Waals surface area contributed by atoms with Crippen LogP contribution in [0.4, 0.5) is 0 Å². The highest BCUT2D eigenvalue weighted by atomic mass is 35.5. The summed E-state index contributed by atoms with van der Waals surface area (Å²) in [5.41, 5.74) is 5.60. The van der Waals surface area contributed by atoms with Crippen LogP contribution in [-0.4, -0.2) is 43.7 Å². The number of carbonyl (C=O) groups is 1. The van der Waals surface area contributed by atoms with Gasteiger partial charge in [0.15, 0.2) is 0 Å². The number of nitrogens with one attached hydrogen (secondary N) is 1. The number of thioether (sulfide) groups is 1. The highest BCUT2D eigenvalue weighted by molar-refractivity contribution is 7.99. The maximum Gasteiger partial charge on any atom is 0.239 e. The zero-order valence-corrected chi connectivity index (χ0v) is 11.2. The Kier molecular flexibility index (Phi) is 9.12. The lowest BCUT2D eigenvalue weighted by Gasteiger charge is -2.22. The number of hydrogen-bond donors (Lipinski definition) is 2. The normalized spacial score (nSPS) is 18.6. The summed E-state index contributed by atoms with van der Waals surface area (Å²) in [7, 11) is 1.55. The molecule has 1 amide bonds. The van der Waals surface area contributed by atoms with Crippen LogP contribution in [0.1, 0.15) is 12.8 Å². The van der Waals surface area contributed by atoms with Crippen LogP contribution in [0, 0.1) is 5.92 Å². The third kappa shape index (κ3) is 5.94. The minimum atomic E-state index is -0.534. The number of halogens is 1. The standard InChI is InChI=1S/C10H20N2O2S.ClH/c1-14-7-9(11)10(13)12-6-8-2-4-15-5-3-8;/h8-9H,2-7,11H2,1H3,(H,12,13);1H. The van der Waals surface area contributed by atoms with Crippen LogP contribution in [0.15, 0.2) is 0 Å². The number of carbonyl (C=O) groups excluding carboxylic acids is 1. The third-order valence-electron chi connectivity index (χ3n) is 2.59. The van der Waals surface area contributed by atoms with Crippen LogP contribution >= 0.6 is 24.2 Å². The van der Waals surface area contributed by atoms with Gasteiger partial charge in [-0.15, -0.1) is 12.4 Å². The lowest BCUT2D eigenvalue weighted by atomic mass is 10.0. The summed E-state index contributed by atoms with van der Waals surface area (Å²) in [6, 6.07) is -0.534. The fraction of sp³-hybridized carbons (Fsp3) is 0.900. The van der Waals surface area contributed by atoms with Gasteiger partial charge in [-0.1, -0.05) is 0 Å². The number of hydrogen-bond acceptors (Lipinski definition) is 4. The Morgan fingerprint density at radius 3 is 2.75 bits per heavy atom.